The topological polar surface area (TPSA) is 29.3 Å². The van der Waals surface area contributed by atoms with E-state index in [0.29, 0.717) is 18.0 Å². The van der Waals surface area contributed by atoms with Crippen molar-refractivity contribution in [1.29, 1.82) is 0 Å². The first-order valence-corrected chi connectivity index (χ1v) is 8.03. The maximum Gasteiger partial charge on any atom is 0.0459 e. The summed E-state index contributed by atoms with van der Waals surface area (Å²) in [6, 6.07) is 6.81. The van der Waals surface area contributed by atoms with Crippen LogP contribution in [0.4, 0.5) is 5.69 Å². The molecule has 2 nitrogen and oxygen atoms in total. The van der Waals surface area contributed by atoms with E-state index < -0.39 is 0 Å². The van der Waals surface area contributed by atoms with Crippen LogP contribution < -0.4 is 10.6 Å². The molecule has 1 aromatic rings. The lowest BCUT2D eigenvalue weighted by atomic mass is 9.75. The fraction of sp³-hybridized carbons (Fsp3) is 0.647. The average molecular weight is 295 g/mol. The molecule has 2 N–H and O–H groups in total. The third-order valence-electron chi connectivity index (χ3n) is 4.72. The van der Waals surface area contributed by atoms with Crippen LogP contribution in [0, 0.1) is 5.41 Å². The van der Waals surface area contributed by atoms with Crippen molar-refractivity contribution in [1.82, 2.24) is 0 Å². The molecule has 0 saturated heterocycles. The molecule has 1 saturated carbocycles. The van der Waals surface area contributed by atoms with Crippen LogP contribution in [-0.4, -0.2) is 19.6 Å². The second kappa shape index (κ2) is 6.36. The van der Waals surface area contributed by atoms with Crippen molar-refractivity contribution in [2.45, 2.75) is 52.0 Å². The molecule has 0 unspecified atom stereocenters. The summed E-state index contributed by atoms with van der Waals surface area (Å²) in [5.41, 5.74) is 8.70. The van der Waals surface area contributed by atoms with Gasteiger partial charge in [-0.3, -0.25) is 0 Å². The van der Waals surface area contributed by atoms with E-state index in [1.165, 1.54) is 36.9 Å². The molecular weight excluding hydrogens is 268 g/mol. The molecule has 0 heterocycles. The number of nitrogens with two attached hydrogens (primary N) is 1. The van der Waals surface area contributed by atoms with Crippen LogP contribution in [0.5, 0.6) is 0 Å². The number of rotatable bonds is 4. The minimum Gasteiger partial charge on any atom is -0.371 e. The van der Waals surface area contributed by atoms with Crippen molar-refractivity contribution in [2.24, 2.45) is 11.1 Å². The van der Waals surface area contributed by atoms with Gasteiger partial charge in [-0.15, -0.1) is 0 Å². The molecule has 0 aromatic heterocycles. The molecule has 0 amide bonds. The van der Waals surface area contributed by atoms with E-state index in [2.05, 4.69) is 31.9 Å². The predicted octanol–water partition coefficient (Wildman–Crippen LogP) is 4.25. The molecular formula is C17H27ClN2. The van der Waals surface area contributed by atoms with E-state index in [0.717, 1.165) is 11.4 Å². The molecule has 1 aliphatic carbocycles. The molecule has 3 heteroatoms. The molecule has 0 aliphatic heterocycles. The Labute approximate surface area is 128 Å². The summed E-state index contributed by atoms with van der Waals surface area (Å²) in [5.74, 6) is 0. The van der Waals surface area contributed by atoms with Gasteiger partial charge in [-0.05, 0) is 61.8 Å². The van der Waals surface area contributed by atoms with Gasteiger partial charge in [0.1, 0.15) is 0 Å². The summed E-state index contributed by atoms with van der Waals surface area (Å²) in [6.45, 7) is 5.40. The van der Waals surface area contributed by atoms with Gasteiger partial charge in [0.2, 0.25) is 0 Å². The van der Waals surface area contributed by atoms with Crippen molar-refractivity contribution in [3.8, 4) is 0 Å². The van der Waals surface area contributed by atoms with Crippen LogP contribution in [-0.2, 0) is 6.42 Å². The van der Waals surface area contributed by atoms with Crippen molar-refractivity contribution >= 4 is 17.3 Å². The standard InChI is InChI=1S/C17H27ClN2/c1-17(2)10-7-13(8-11-17)20(3)16-6-4-5-15(18)14(16)9-12-19/h4-6,13H,7-12,19H2,1-3H3. The van der Waals surface area contributed by atoms with Crippen molar-refractivity contribution < 1.29 is 0 Å². The summed E-state index contributed by atoms with van der Waals surface area (Å²) < 4.78 is 0. The van der Waals surface area contributed by atoms with Gasteiger partial charge < -0.3 is 10.6 Å². The minimum atomic E-state index is 0.506. The molecule has 0 atom stereocenters. The molecule has 2 rings (SSSR count). The number of hydrogen-bond acceptors (Lipinski definition) is 2. The van der Waals surface area contributed by atoms with Gasteiger partial charge in [-0.1, -0.05) is 31.5 Å². The Kier molecular flexibility index (Phi) is 4.98. The molecule has 0 radical (unpaired) electrons. The Morgan fingerprint density at radius 3 is 2.55 bits per heavy atom. The van der Waals surface area contributed by atoms with Crippen LogP contribution in [0.1, 0.15) is 45.1 Å². The lowest BCUT2D eigenvalue weighted by Crippen LogP contribution is -2.37. The zero-order valence-corrected chi connectivity index (χ0v) is 13.7. The van der Waals surface area contributed by atoms with E-state index in [4.69, 9.17) is 17.3 Å². The highest BCUT2D eigenvalue weighted by Crippen LogP contribution is 2.39. The van der Waals surface area contributed by atoms with Crippen molar-refractivity contribution in [2.75, 3.05) is 18.5 Å². The highest BCUT2D eigenvalue weighted by atomic mass is 35.5. The molecule has 0 spiro atoms. The van der Waals surface area contributed by atoms with Crippen molar-refractivity contribution in [3.63, 3.8) is 0 Å². The summed E-state index contributed by atoms with van der Waals surface area (Å²) in [5, 5.41) is 0.843. The number of halogens is 1. The first-order valence-electron chi connectivity index (χ1n) is 7.65. The SMILES string of the molecule is CN(c1cccc(Cl)c1CCN)C1CCC(C)(C)CC1. The zero-order chi connectivity index (χ0) is 14.8. The summed E-state index contributed by atoms with van der Waals surface area (Å²) in [6.07, 6.45) is 5.97. The maximum absolute atomic E-state index is 6.35. The summed E-state index contributed by atoms with van der Waals surface area (Å²) >= 11 is 6.35. The smallest absolute Gasteiger partial charge is 0.0459 e. The molecule has 1 fully saturated rings. The van der Waals surface area contributed by atoms with E-state index in [1.54, 1.807) is 0 Å². The van der Waals surface area contributed by atoms with Gasteiger partial charge in [0, 0.05) is 23.8 Å². The van der Waals surface area contributed by atoms with Crippen LogP contribution in [0.3, 0.4) is 0 Å². The lowest BCUT2D eigenvalue weighted by molar-refractivity contribution is 0.222. The minimum absolute atomic E-state index is 0.506. The van der Waals surface area contributed by atoms with Crippen LogP contribution in [0.2, 0.25) is 5.02 Å². The first kappa shape index (κ1) is 15.7. The Hall–Kier alpha value is -0.730. The van der Waals surface area contributed by atoms with Gasteiger partial charge in [-0.25, -0.2) is 0 Å². The second-order valence-electron chi connectivity index (χ2n) is 6.78. The quantitative estimate of drug-likeness (QED) is 0.899. The molecule has 112 valence electrons. The Balaban J connectivity index is 2.17. The van der Waals surface area contributed by atoms with E-state index in [1.807, 2.05) is 12.1 Å². The monoisotopic (exact) mass is 294 g/mol. The van der Waals surface area contributed by atoms with Gasteiger partial charge in [0.25, 0.3) is 0 Å². The number of nitrogens with zero attached hydrogens (tertiary/aromatic N) is 1. The third-order valence-corrected chi connectivity index (χ3v) is 5.08. The third kappa shape index (κ3) is 3.48. The Morgan fingerprint density at radius 1 is 1.30 bits per heavy atom. The average Bonchev–Trinajstić information content (AvgIpc) is 2.40. The van der Waals surface area contributed by atoms with Crippen molar-refractivity contribution in [3.05, 3.63) is 28.8 Å². The highest BCUT2D eigenvalue weighted by Gasteiger charge is 2.29. The van der Waals surface area contributed by atoms with E-state index in [-0.39, 0.29) is 0 Å². The normalized spacial score (nSPS) is 19.1. The van der Waals surface area contributed by atoms with Gasteiger partial charge >= 0.3 is 0 Å². The highest BCUT2D eigenvalue weighted by molar-refractivity contribution is 6.31. The van der Waals surface area contributed by atoms with Crippen LogP contribution in [0.25, 0.3) is 0 Å². The van der Waals surface area contributed by atoms with Crippen LogP contribution in [0.15, 0.2) is 18.2 Å². The largest absolute Gasteiger partial charge is 0.371 e. The van der Waals surface area contributed by atoms with E-state index in [9.17, 15) is 0 Å². The van der Waals surface area contributed by atoms with E-state index >= 15 is 0 Å². The molecule has 0 bridgehead atoms. The number of hydrogen-bond donors (Lipinski definition) is 1. The maximum atomic E-state index is 6.35. The summed E-state index contributed by atoms with van der Waals surface area (Å²) in [7, 11) is 2.20. The summed E-state index contributed by atoms with van der Waals surface area (Å²) in [4.78, 5) is 2.42. The second-order valence-corrected chi connectivity index (χ2v) is 7.19. The fourth-order valence-corrected chi connectivity index (χ4v) is 3.50. The van der Waals surface area contributed by atoms with Gasteiger partial charge in [0.15, 0.2) is 0 Å². The first-order chi connectivity index (χ1) is 9.44. The van der Waals surface area contributed by atoms with Gasteiger partial charge in [-0.2, -0.15) is 0 Å². The predicted molar refractivity (Wildman–Crippen MR) is 88.7 cm³/mol. The fourth-order valence-electron chi connectivity index (χ4n) is 3.24. The molecule has 1 aromatic carbocycles. The molecule has 20 heavy (non-hydrogen) atoms. The Bertz CT molecular complexity index is 446. The Morgan fingerprint density at radius 2 is 1.95 bits per heavy atom. The lowest BCUT2D eigenvalue weighted by Gasteiger charge is -2.40. The molecule has 1 aliphatic rings. The van der Waals surface area contributed by atoms with Crippen LogP contribution >= 0.6 is 11.6 Å². The van der Waals surface area contributed by atoms with Gasteiger partial charge in [0.05, 0.1) is 0 Å². The number of benzene rings is 1. The number of anilines is 1. The zero-order valence-electron chi connectivity index (χ0n) is 13.0.